The summed E-state index contributed by atoms with van der Waals surface area (Å²) in [6.45, 7) is 1.68. The summed E-state index contributed by atoms with van der Waals surface area (Å²) in [4.78, 5) is 11.5. The monoisotopic (exact) mass is 414 g/mol. The molecule has 2 rings (SSSR count). The predicted molar refractivity (Wildman–Crippen MR) is 99.0 cm³/mol. The molecule has 28 heavy (non-hydrogen) atoms. The molecule has 0 aliphatic carbocycles. The normalized spacial score (nSPS) is 13.1. The van der Waals surface area contributed by atoms with Gasteiger partial charge in [0.1, 0.15) is 0 Å². The second-order valence-corrected chi connectivity index (χ2v) is 7.96. The van der Waals surface area contributed by atoms with Gasteiger partial charge in [-0.15, -0.1) is 0 Å². The summed E-state index contributed by atoms with van der Waals surface area (Å²) < 4.78 is 65.0. The Labute approximate surface area is 162 Å². The molecule has 5 nitrogen and oxygen atoms in total. The van der Waals surface area contributed by atoms with Crippen molar-refractivity contribution in [1.82, 2.24) is 10.0 Å². The smallest absolute Gasteiger partial charge is 0.355 e. The molecule has 9 heteroatoms. The van der Waals surface area contributed by atoms with Crippen LogP contribution in [0, 0.1) is 0 Å². The van der Waals surface area contributed by atoms with E-state index in [4.69, 9.17) is 0 Å². The molecule has 2 aromatic carbocycles. The Balaban J connectivity index is 1.90. The van der Waals surface area contributed by atoms with Gasteiger partial charge in [-0.2, -0.15) is 17.9 Å². The van der Waals surface area contributed by atoms with Crippen LogP contribution in [0.1, 0.15) is 24.5 Å². The van der Waals surface area contributed by atoms with Crippen molar-refractivity contribution in [2.75, 3.05) is 6.54 Å². The number of carbonyl (C=O) groups is 1. The van der Waals surface area contributed by atoms with Crippen LogP contribution in [0.15, 0.2) is 59.5 Å². The lowest BCUT2D eigenvalue weighted by Crippen LogP contribution is -2.45. The molecular formula is C19H21F3N2O3S. The molecule has 0 heterocycles. The van der Waals surface area contributed by atoms with E-state index in [1.807, 2.05) is 30.3 Å². The fourth-order valence-corrected chi connectivity index (χ4v) is 3.74. The number of nitrogens with one attached hydrogen (secondary N) is 2. The number of hydrogen-bond acceptors (Lipinski definition) is 3. The molecule has 0 aliphatic rings. The molecule has 0 spiro atoms. The zero-order valence-corrected chi connectivity index (χ0v) is 16.0. The third-order valence-corrected chi connectivity index (χ3v) is 5.52. The van der Waals surface area contributed by atoms with Crippen molar-refractivity contribution in [2.24, 2.45) is 0 Å². The van der Waals surface area contributed by atoms with E-state index >= 15 is 0 Å². The van der Waals surface area contributed by atoms with Gasteiger partial charge >= 0.3 is 6.18 Å². The highest BCUT2D eigenvalue weighted by Crippen LogP contribution is 2.30. The molecule has 2 N–H and O–H groups in total. The topological polar surface area (TPSA) is 75.3 Å². The van der Waals surface area contributed by atoms with Gasteiger partial charge in [0.05, 0.1) is 16.5 Å². The van der Waals surface area contributed by atoms with Crippen LogP contribution in [0.5, 0.6) is 0 Å². The highest BCUT2D eigenvalue weighted by atomic mass is 32.2. The van der Waals surface area contributed by atoms with Crippen LogP contribution in [-0.2, 0) is 27.4 Å². The molecule has 0 aromatic heterocycles. The number of carbonyl (C=O) groups excluding carboxylic acids is 1. The summed E-state index contributed by atoms with van der Waals surface area (Å²) in [5.41, 5.74) is 0.0449. The van der Waals surface area contributed by atoms with Crippen LogP contribution in [-0.4, -0.2) is 26.9 Å². The number of sulfonamides is 1. The van der Waals surface area contributed by atoms with Crippen LogP contribution in [0.2, 0.25) is 0 Å². The first-order chi connectivity index (χ1) is 13.1. The second kappa shape index (κ2) is 9.20. The van der Waals surface area contributed by atoms with Crippen molar-refractivity contribution in [2.45, 2.75) is 36.9 Å². The van der Waals surface area contributed by atoms with Crippen molar-refractivity contribution in [3.63, 3.8) is 0 Å². The van der Waals surface area contributed by atoms with Gasteiger partial charge in [-0.3, -0.25) is 4.79 Å². The molecule has 0 saturated heterocycles. The number of alkyl halides is 3. The van der Waals surface area contributed by atoms with Crippen molar-refractivity contribution in [3.8, 4) is 0 Å². The predicted octanol–water partition coefficient (Wildman–Crippen LogP) is 3.12. The van der Waals surface area contributed by atoms with Crippen LogP contribution in [0.3, 0.4) is 0 Å². The summed E-state index contributed by atoms with van der Waals surface area (Å²) in [5, 5.41) is 2.62. The van der Waals surface area contributed by atoms with Gasteiger partial charge in [0.2, 0.25) is 15.9 Å². The lowest BCUT2D eigenvalue weighted by Gasteiger charge is -2.15. The average Bonchev–Trinajstić information content (AvgIpc) is 2.65. The maximum Gasteiger partial charge on any atom is 0.416 e. The fraction of sp³-hybridized carbons (Fsp3) is 0.316. The minimum absolute atomic E-state index is 0.351. The fourth-order valence-electron chi connectivity index (χ4n) is 2.50. The Morgan fingerprint density at radius 2 is 1.75 bits per heavy atom. The highest BCUT2D eigenvalue weighted by molar-refractivity contribution is 7.89. The molecule has 0 bridgehead atoms. The van der Waals surface area contributed by atoms with Crippen molar-refractivity contribution < 1.29 is 26.4 Å². The van der Waals surface area contributed by atoms with E-state index in [1.54, 1.807) is 0 Å². The quantitative estimate of drug-likeness (QED) is 0.652. The molecule has 1 atom stereocenters. The van der Waals surface area contributed by atoms with E-state index in [0.717, 1.165) is 30.2 Å². The van der Waals surface area contributed by atoms with Crippen LogP contribution in [0.25, 0.3) is 0 Å². The molecule has 0 fully saturated rings. The molecule has 152 valence electrons. The molecule has 1 unspecified atom stereocenters. The maximum absolute atomic E-state index is 12.8. The van der Waals surface area contributed by atoms with E-state index in [-0.39, 0.29) is 0 Å². The summed E-state index contributed by atoms with van der Waals surface area (Å²) >= 11 is 0. The summed E-state index contributed by atoms with van der Waals surface area (Å²) in [5.74, 6) is -0.552. The minimum atomic E-state index is -4.66. The van der Waals surface area contributed by atoms with E-state index in [2.05, 4.69) is 10.0 Å². The summed E-state index contributed by atoms with van der Waals surface area (Å²) in [6.07, 6.45) is -3.23. The van der Waals surface area contributed by atoms with Crippen molar-refractivity contribution >= 4 is 15.9 Å². The lowest BCUT2D eigenvalue weighted by atomic mass is 10.1. The van der Waals surface area contributed by atoms with Gasteiger partial charge in [-0.05, 0) is 43.5 Å². The molecule has 0 aliphatic heterocycles. The van der Waals surface area contributed by atoms with Crippen LogP contribution in [0.4, 0.5) is 13.2 Å². The van der Waals surface area contributed by atoms with Gasteiger partial charge < -0.3 is 5.32 Å². The molecule has 0 saturated carbocycles. The first-order valence-electron chi connectivity index (χ1n) is 8.61. The second-order valence-electron chi connectivity index (χ2n) is 6.25. The zero-order chi connectivity index (χ0) is 20.8. The minimum Gasteiger partial charge on any atom is -0.355 e. The van der Waals surface area contributed by atoms with Crippen molar-refractivity contribution in [1.29, 1.82) is 0 Å². The van der Waals surface area contributed by atoms with Gasteiger partial charge in [0.15, 0.2) is 0 Å². The van der Waals surface area contributed by atoms with Crippen molar-refractivity contribution in [3.05, 3.63) is 65.7 Å². The first-order valence-corrected chi connectivity index (χ1v) is 10.1. The first kappa shape index (κ1) is 21.9. The van der Waals surface area contributed by atoms with Gasteiger partial charge in [-0.1, -0.05) is 36.4 Å². The van der Waals surface area contributed by atoms with Crippen LogP contribution < -0.4 is 10.0 Å². The molecule has 2 aromatic rings. The average molecular weight is 414 g/mol. The Bertz CT molecular complexity index is 900. The molecular weight excluding hydrogens is 393 g/mol. The van der Waals surface area contributed by atoms with E-state index in [0.29, 0.717) is 19.0 Å². The number of amides is 1. The van der Waals surface area contributed by atoms with Gasteiger partial charge in [0, 0.05) is 6.54 Å². The van der Waals surface area contributed by atoms with E-state index in [9.17, 15) is 26.4 Å². The lowest BCUT2D eigenvalue weighted by molar-refractivity contribution is -0.137. The Morgan fingerprint density at radius 1 is 1.07 bits per heavy atom. The van der Waals surface area contributed by atoms with Gasteiger partial charge in [0.25, 0.3) is 0 Å². The van der Waals surface area contributed by atoms with Crippen LogP contribution >= 0.6 is 0 Å². The highest BCUT2D eigenvalue weighted by Gasteiger charge is 2.32. The third kappa shape index (κ3) is 6.35. The molecule has 0 radical (unpaired) electrons. The Hall–Kier alpha value is -2.39. The number of halogens is 3. The Morgan fingerprint density at radius 3 is 2.39 bits per heavy atom. The summed E-state index contributed by atoms with van der Waals surface area (Å²) in [7, 11) is -4.27. The molecule has 1 amide bonds. The number of hydrogen-bond donors (Lipinski definition) is 2. The number of aryl methyl sites for hydroxylation is 1. The standard InChI is InChI=1S/C19H21F3N2O3S/c1-14(18(25)23-12-6-9-15-7-3-2-4-8-15)24-28(26,27)17-11-5-10-16(13-17)19(20,21)22/h2-5,7-8,10-11,13-14,24H,6,9,12H2,1H3,(H,23,25). The third-order valence-electron chi connectivity index (χ3n) is 3.98. The summed E-state index contributed by atoms with van der Waals surface area (Å²) in [6, 6.07) is 11.9. The zero-order valence-electron chi connectivity index (χ0n) is 15.2. The van der Waals surface area contributed by atoms with E-state index in [1.165, 1.54) is 6.92 Å². The SMILES string of the molecule is CC(NS(=O)(=O)c1cccc(C(F)(F)F)c1)C(=O)NCCCc1ccccc1. The maximum atomic E-state index is 12.8. The van der Waals surface area contributed by atoms with Gasteiger partial charge in [-0.25, -0.2) is 8.42 Å². The largest absolute Gasteiger partial charge is 0.416 e. The number of benzene rings is 2. The Kier molecular flexibility index (Phi) is 7.20. The number of rotatable bonds is 8. The van der Waals surface area contributed by atoms with E-state index < -0.39 is 38.6 Å².